The van der Waals surface area contributed by atoms with Crippen molar-refractivity contribution in [1.82, 2.24) is 0 Å². The summed E-state index contributed by atoms with van der Waals surface area (Å²) in [6.45, 7) is 0.471. The average molecular weight is 179 g/mol. The molecule has 0 amide bonds. The molecule has 0 unspecified atom stereocenters. The number of hydrogen-bond acceptors (Lipinski definition) is 2. The van der Waals surface area contributed by atoms with Crippen molar-refractivity contribution in [3.63, 3.8) is 0 Å². The van der Waals surface area contributed by atoms with Crippen LogP contribution in [0.5, 0.6) is 0 Å². The monoisotopic (exact) mass is 179 g/mol. The molecule has 13 heavy (non-hydrogen) atoms. The van der Waals surface area contributed by atoms with Gasteiger partial charge in [0.25, 0.3) is 0 Å². The van der Waals surface area contributed by atoms with Crippen molar-refractivity contribution in [2.75, 3.05) is 13.2 Å². The molecule has 1 saturated heterocycles. The van der Waals surface area contributed by atoms with E-state index < -0.39 is 6.10 Å². The fraction of sp³-hybridized carbons (Fsp3) is 0.400. The maximum atomic E-state index is 10.9. The van der Waals surface area contributed by atoms with Crippen LogP contribution in [0.1, 0.15) is 11.9 Å². The first-order valence-electron chi connectivity index (χ1n) is 4.30. The van der Waals surface area contributed by atoms with E-state index in [1.807, 2.05) is 30.3 Å². The molecule has 0 saturated carbocycles. The van der Waals surface area contributed by atoms with E-state index in [1.165, 1.54) is 0 Å². The molecule has 1 aliphatic heterocycles. The van der Waals surface area contributed by atoms with Gasteiger partial charge in [0.05, 0.1) is 13.2 Å². The van der Waals surface area contributed by atoms with Crippen molar-refractivity contribution in [2.45, 2.75) is 12.4 Å². The van der Waals surface area contributed by atoms with Crippen molar-refractivity contribution in [3.8, 4) is 0 Å². The van der Waals surface area contributed by atoms with Crippen molar-refractivity contribution >= 4 is 0 Å². The molecule has 1 radical (unpaired) electrons. The minimum atomic E-state index is -0.736. The fourth-order valence-corrected chi connectivity index (χ4v) is 1.29. The summed E-state index contributed by atoms with van der Waals surface area (Å²) in [6, 6.07) is 9.63. The summed E-state index contributed by atoms with van der Waals surface area (Å²) in [5.41, 5.74) is 0.967. The molecule has 1 aromatic carbocycles. The highest BCUT2D eigenvalue weighted by atomic mass is 16.7. The van der Waals surface area contributed by atoms with Gasteiger partial charge in [-0.05, 0) is 0 Å². The Morgan fingerprint density at radius 3 is 2.31 bits per heavy atom. The summed E-state index contributed by atoms with van der Waals surface area (Å²) < 4.78 is 10.5. The van der Waals surface area contributed by atoms with E-state index in [-0.39, 0.29) is 19.5 Å². The van der Waals surface area contributed by atoms with Crippen LogP contribution in [0, 0.1) is 0 Å². The Morgan fingerprint density at radius 2 is 1.69 bits per heavy atom. The van der Waals surface area contributed by atoms with Crippen LogP contribution >= 0.6 is 0 Å². The minimum Gasteiger partial charge on any atom is -0.345 e. The predicted molar refractivity (Wildman–Crippen MR) is 45.6 cm³/mol. The second-order valence-corrected chi connectivity index (χ2v) is 3.03. The maximum absolute atomic E-state index is 10.9. The van der Waals surface area contributed by atoms with Crippen molar-refractivity contribution in [1.29, 1.82) is 0 Å². The third-order valence-corrected chi connectivity index (χ3v) is 1.94. The Balaban J connectivity index is 2.03. The van der Waals surface area contributed by atoms with Crippen molar-refractivity contribution < 1.29 is 14.6 Å². The van der Waals surface area contributed by atoms with Crippen LogP contribution < -0.4 is 0 Å². The van der Waals surface area contributed by atoms with Crippen LogP contribution in [0.2, 0.25) is 0 Å². The van der Waals surface area contributed by atoms with E-state index >= 15 is 0 Å². The Hall–Kier alpha value is -0.900. The molecule has 1 heterocycles. The van der Waals surface area contributed by atoms with Crippen LogP contribution in [0.3, 0.4) is 0 Å². The molecule has 0 aliphatic carbocycles. The van der Waals surface area contributed by atoms with Gasteiger partial charge in [-0.2, -0.15) is 0 Å². The summed E-state index contributed by atoms with van der Waals surface area (Å²) in [6.07, 6.45) is -1.09. The van der Waals surface area contributed by atoms with Gasteiger partial charge in [-0.3, -0.25) is 0 Å². The lowest BCUT2D eigenvalue weighted by atomic mass is 10.2. The van der Waals surface area contributed by atoms with Gasteiger partial charge in [-0.25, -0.2) is 5.11 Å². The summed E-state index contributed by atoms with van der Waals surface area (Å²) in [7, 11) is 0. The lowest BCUT2D eigenvalue weighted by molar-refractivity contribution is -0.231. The lowest BCUT2D eigenvalue weighted by Crippen LogP contribution is -2.30. The molecule has 2 rings (SSSR count). The first-order chi connectivity index (χ1) is 6.36. The summed E-state index contributed by atoms with van der Waals surface area (Å²) in [5.74, 6) is 0. The number of rotatable bonds is 1. The molecular formula is C10H11O3. The zero-order chi connectivity index (χ0) is 9.10. The maximum Gasteiger partial charge on any atom is 0.184 e. The van der Waals surface area contributed by atoms with Crippen LogP contribution in [-0.4, -0.2) is 19.3 Å². The third kappa shape index (κ3) is 2.06. The number of benzene rings is 1. The predicted octanol–water partition coefficient (Wildman–Crippen LogP) is 1.53. The van der Waals surface area contributed by atoms with E-state index in [2.05, 4.69) is 0 Å². The Labute approximate surface area is 76.9 Å². The molecule has 3 heteroatoms. The molecule has 0 bridgehead atoms. The van der Waals surface area contributed by atoms with Crippen molar-refractivity contribution in [3.05, 3.63) is 35.9 Å². The Bertz CT molecular complexity index is 252. The number of hydrogen-bond donors (Lipinski definition) is 0. The van der Waals surface area contributed by atoms with Crippen molar-refractivity contribution in [2.24, 2.45) is 0 Å². The molecule has 0 atom stereocenters. The van der Waals surface area contributed by atoms with E-state index in [0.29, 0.717) is 0 Å². The van der Waals surface area contributed by atoms with Crippen LogP contribution in [0.15, 0.2) is 30.3 Å². The fourth-order valence-electron chi connectivity index (χ4n) is 1.29. The Kier molecular flexibility index (Phi) is 2.59. The lowest BCUT2D eigenvalue weighted by Gasteiger charge is -2.25. The van der Waals surface area contributed by atoms with Crippen LogP contribution in [-0.2, 0) is 14.6 Å². The smallest absolute Gasteiger partial charge is 0.184 e. The first kappa shape index (κ1) is 8.69. The first-order valence-corrected chi connectivity index (χ1v) is 4.30. The quantitative estimate of drug-likeness (QED) is 0.655. The molecule has 0 spiro atoms. The summed E-state index contributed by atoms with van der Waals surface area (Å²) in [4.78, 5) is 0. The molecule has 69 valence electrons. The molecule has 0 N–H and O–H groups in total. The van der Waals surface area contributed by atoms with Gasteiger partial charge in [0, 0.05) is 5.56 Å². The van der Waals surface area contributed by atoms with Gasteiger partial charge in [0.2, 0.25) is 0 Å². The zero-order valence-corrected chi connectivity index (χ0v) is 7.18. The number of ether oxygens (including phenoxy) is 2. The highest BCUT2D eigenvalue weighted by Gasteiger charge is 2.22. The zero-order valence-electron chi connectivity index (χ0n) is 7.18. The van der Waals surface area contributed by atoms with Gasteiger partial charge >= 0.3 is 0 Å². The van der Waals surface area contributed by atoms with Gasteiger partial charge in [-0.1, -0.05) is 30.3 Å². The van der Waals surface area contributed by atoms with Gasteiger partial charge in [-0.15, -0.1) is 0 Å². The van der Waals surface area contributed by atoms with E-state index in [0.717, 1.165) is 5.56 Å². The average Bonchev–Trinajstić information content (AvgIpc) is 2.20. The summed E-state index contributed by atoms with van der Waals surface area (Å²) >= 11 is 0. The SMILES string of the molecule is [O][C@H]1CO[C@@H](c2ccccc2)OC1. The highest BCUT2D eigenvalue weighted by molar-refractivity contribution is 5.16. The Morgan fingerprint density at radius 1 is 1.08 bits per heavy atom. The highest BCUT2D eigenvalue weighted by Crippen LogP contribution is 2.22. The molecule has 0 aromatic heterocycles. The molecule has 1 aromatic rings. The molecule has 3 nitrogen and oxygen atoms in total. The second kappa shape index (κ2) is 3.87. The van der Waals surface area contributed by atoms with E-state index in [1.54, 1.807) is 0 Å². The van der Waals surface area contributed by atoms with Crippen LogP contribution in [0.4, 0.5) is 0 Å². The van der Waals surface area contributed by atoms with Gasteiger partial charge in [0.15, 0.2) is 6.29 Å². The largest absolute Gasteiger partial charge is 0.345 e. The second-order valence-electron chi connectivity index (χ2n) is 3.03. The normalized spacial score (nSPS) is 28.7. The van der Waals surface area contributed by atoms with E-state index in [4.69, 9.17) is 9.47 Å². The topological polar surface area (TPSA) is 38.4 Å². The third-order valence-electron chi connectivity index (χ3n) is 1.94. The summed E-state index contributed by atoms with van der Waals surface area (Å²) in [5, 5.41) is 10.9. The standard InChI is InChI=1S/C10H11O3/c11-9-6-12-10(13-7-9)8-4-2-1-3-5-8/h1-5,9-10H,6-7H2/t9-,10+. The van der Waals surface area contributed by atoms with Gasteiger partial charge in [0.1, 0.15) is 6.10 Å². The molecular weight excluding hydrogens is 168 g/mol. The molecule has 1 fully saturated rings. The van der Waals surface area contributed by atoms with Crippen LogP contribution in [0.25, 0.3) is 0 Å². The van der Waals surface area contributed by atoms with Gasteiger partial charge < -0.3 is 9.47 Å². The molecule has 1 aliphatic rings. The van der Waals surface area contributed by atoms with E-state index in [9.17, 15) is 5.11 Å². The minimum absolute atomic E-state index is 0.236.